The molecule has 4 aromatic rings. The maximum atomic E-state index is 14.3. The number of aromatic nitrogens is 3. The molecule has 0 bridgehead atoms. The van der Waals surface area contributed by atoms with Gasteiger partial charge in [-0.05, 0) is 49.1 Å². The van der Waals surface area contributed by atoms with Gasteiger partial charge in [0.2, 0.25) is 5.96 Å². The van der Waals surface area contributed by atoms with E-state index in [0.717, 1.165) is 0 Å². The maximum Gasteiger partial charge on any atom is 0.263 e. The molecule has 2 aromatic heterocycles. The molecule has 2 N–H and O–H groups in total. The van der Waals surface area contributed by atoms with Crippen molar-refractivity contribution < 1.29 is 4.39 Å². The summed E-state index contributed by atoms with van der Waals surface area (Å²) in [5.41, 5.74) is 7.64. The molecule has 0 radical (unpaired) electrons. The number of nitrogens with two attached hydrogens (primary N) is 1. The van der Waals surface area contributed by atoms with E-state index in [2.05, 4.69) is 24.9 Å². The van der Waals surface area contributed by atoms with Gasteiger partial charge in [-0.2, -0.15) is 4.99 Å². The van der Waals surface area contributed by atoms with Crippen molar-refractivity contribution in [3.05, 3.63) is 99.6 Å². The molecule has 10 heteroatoms. The second-order valence-corrected chi connectivity index (χ2v) is 8.36. The predicted octanol–water partition coefficient (Wildman–Crippen LogP) is 3.92. The zero-order valence-electron chi connectivity index (χ0n) is 19.9. The molecule has 0 saturated carbocycles. The number of guanidine groups is 1. The van der Waals surface area contributed by atoms with Gasteiger partial charge in [0, 0.05) is 24.2 Å². The number of rotatable bonds is 4. The second-order valence-electron chi connectivity index (χ2n) is 8.36. The zero-order valence-corrected chi connectivity index (χ0v) is 19.9. The molecule has 9 nitrogen and oxygen atoms in total. The number of fused-ring (bicyclic) bond motifs is 1. The molecule has 37 heavy (non-hydrogen) atoms. The van der Waals surface area contributed by atoms with Crippen molar-refractivity contribution in [2.45, 2.75) is 19.9 Å². The third-order valence-corrected chi connectivity index (χ3v) is 5.89. The van der Waals surface area contributed by atoms with Crippen LogP contribution in [0.1, 0.15) is 24.5 Å². The number of pyridine rings is 1. The smallest absolute Gasteiger partial charge is 0.263 e. The van der Waals surface area contributed by atoms with Crippen LogP contribution in [0, 0.1) is 12.7 Å². The zero-order chi connectivity index (χ0) is 26.1. The van der Waals surface area contributed by atoms with Gasteiger partial charge in [-0.1, -0.05) is 24.3 Å². The van der Waals surface area contributed by atoms with Crippen molar-refractivity contribution in [2.24, 2.45) is 20.7 Å². The summed E-state index contributed by atoms with van der Waals surface area (Å²) in [6, 6.07) is 12.4. The first kappa shape index (κ1) is 23.7. The monoisotopic (exact) mass is 491 g/mol. The average Bonchev–Trinajstić information content (AvgIpc) is 2.89. The lowest BCUT2D eigenvalue weighted by molar-refractivity contribution is 0.625. The Morgan fingerprint density at radius 3 is 2.62 bits per heavy atom. The number of hydrogen-bond acceptors (Lipinski definition) is 6. The first-order chi connectivity index (χ1) is 17.9. The number of aliphatic imine (C=N–C) groups is 3. The van der Waals surface area contributed by atoms with E-state index in [1.165, 1.54) is 29.0 Å². The average molecular weight is 492 g/mol. The molecule has 1 aliphatic rings. The van der Waals surface area contributed by atoms with Gasteiger partial charge in [-0.3, -0.25) is 20.2 Å². The summed E-state index contributed by atoms with van der Waals surface area (Å²) in [4.78, 5) is 35.2. The van der Waals surface area contributed by atoms with E-state index < -0.39 is 11.9 Å². The van der Waals surface area contributed by atoms with Gasteiger partial charge in [0.1, 0.15) is 11.6 Å². The lowest BCUT2D eigenvalue weighted by Crippen LogP contribution is -2.24. The quantitative estimate of drug-likeness (QED) is 0.433. The Morgan fingerprint density at radius 1 is 1.14 bits per heavy atom. The Hall–Kier alpha value is -5.08. The Balaban J connectivity index is 1.80. The van der Waals surface area contributed by atoms with Crippen LogP contribution in [0.4, 0.5) is 4.39 Å². The largest absolute Gasteiger partial charge is 0.763 e. The van der Waals surface area contributed by atoms with Crippen LogP contribution in [-0.2, 0) is 0 Å². The van der Waals surface area contributed by atoms with E-state index >= 15 is 0 Å². The second kappa shape index (κ2) is 9.52. The molecular weight excluding hydrogens is 471 g/mol. The highest BCUT2D eigenvalue weighted by molar-refractivity contribution is 6.28. The van der Waals surface area contributed by atoms with Crippen molar-refractivity contribution in [3.8, 4) is 16.8 Å². The molecule has 5 rings (SSSR count). The molecule has 0 spiro atoms. The minimum atomic E-state index is -0.659. The molecule has 0 amide bonds. The summed E-state index contributed by atoms with van der Waals surface area (Å²) in [5, 5.41) is 10.6. The first-order valence-corrected chi connectivity index (χ1v) is 11.3. The fraction of sp³-hybridized carbons (Fsp3) is 0.111. The topological polar surface area (TPSA) is 133 Å². The number of aryl methyl sites for hydroxylation is 1. The van der Waals surface area contributed by atoms with Crippen LogP contribution in [0.15, 0.2) is 86.3 Å². The van der Waals surface area contributed by atoms with Crippen molar-refractivity contribution in [2.75, 3.05) is 0 Å². The van der Waals surface area contributed by atoms with Gasteiger partial charge >= 0.3 is 0 Å². The van der Waals surface area contributed by atoms with Crippen molar-refractivity contribution in [3.63, 3.8) is 0 Å². The minimum absolute atomic E-state index is 0.0315. The lowest BCUT2D eigenvalue weighted by Gasteiger charge is -2.19. The highest BCUT2D eigenvalue weighted by Gasteiger charge is 2.20. The summed E-state index contributed by atoms with van der Waals surface area (Å²) in [7, 11) is 0. The molecule has 3 heterocycles. The first-order valence-electron chi connectivity index (χ1n) is 11.3. The fourth-order valence-electron chi connectivity index (χ4n) is 4.16. The van der Waals surface area contributed by atoms with E-state index in [-0.39, 0.29) is 22.9 Å². The van der Waals surface area contributed by atoms with Crippen LogP contribution in [0.5, 0.6) is 0 Å². The Bertz CT molecular complexity index is 1750. The summed E-state index contributed by atoms with van der Waals surface area (Å²) in [6.07, 6.45) is 4.62. The Kier molecular flexibility index (Phi) is 6.09. The molecule has 0 aliphatic carbocycles. The van der Waals surface area contributed by atoms with Gasteiger partial charge < -0.3 is 11.1 Å². The standard InChI is InChI=1S/C27H20FN8O/c1-15(34-25-18(11-29)12-33-27(30)35-25)23-9-17-5-3-8-22(19-13-31-16(2)32-14-19)24(17)26(37)36(23)21-7-4-6-20(28)10-21/h3-10,12-15H,1-2H3,(H2,30,34,35)/q-1. The van der Waals surface area contributed by atoms with Crippen LogP contribution in [0.2, 0.25) is 0 Å². The van der Waals surface area contributed by atoms with E-state index in [4.69, 9.17) is 5.73 Å². The highest BCUT2D eigenvalue weighted by atomic mass is 19.1. The van der Waals surface area contributed by atoms with Crippen molar-refractivity contribution >= 4 is 34.7 Å². The lowest BCUT2D eigenvalue weighted by atomic mass is 9.99. The molecule has 1 aliphatic heterocycles. The molecular formula is C27H20FN8O-. The SMILES string of the molecule is Cc1ncc(-c2cccc3cc(C(C)N=C4N=C(N)N=CC4=C=[N-])n(-c4cccc(F)c4)c(=O)c23)cn1. The van der Waals surface area contributed by atoms with E-state index in [1.807, 2.05) is 30.1 Å². The normalized spacial score (nSPS) is 15.1. The number of nitrogens with zero attached hydrogens (tertiary/aromatic N) is 7. The van der Waals surface area contributed by atoms with E-state index in [1.54, 1.807) is 32.3 Å². The number of halogens is 1. The highest BCUT2D eigenvalue weighted by Crippen LogP contribution is 2.30. The maximum absolute atomic E-state index is 14.3. The fourth-order valence-corrected chi connectivity index (χ4v) is 4.16. The van der Waals surface area contributed by atoms with E-state index in [9.17, 15) is 14.6 Å². The molecule has 1 unspecified atom stereocenters. The summed E-state index contributed by atoms with van der Waals surface area (Å²) in [5.74, 6) is 2.19. The van der Waals surface area contributed by atoms with Crippen LogP contribution in [0.3, 0.4) is 0 Å². The van der Waals surface area contributed by atoms with Crippen molar-refractivity contribution in [1.29, 1.82) is 0 Å². The number of benzene rings is 2. The van der Waals surface area contributed by atoms with Crippen LogP contribution >= 0.6 is 0 Å². The number of amidine groups is 1. The van der Waals surface area contributed by atoms with Crippen LogP contribution in [-0.4, -0.2) is 38.4 Å². The van der Waals surface area contributed by atoms with Gasteiger partial charge in [-0.15, -0.1) is 0 Å². The molecule has 2 aromatic carbocycles. The molecule has 1 atom stereocenters. The molecule has 0 fully saturated rings. The summed E-state index contributed by atoms with van der Waals surface area (Å²) < 4.78 is 15.7. The predicted molar refractivity (Wildman–Crippen MR) is 143 cm³/mol. The van der Waals surface area contributed by atoms with Gasteiger partial charge in [0.15, 0.2) is 5.84 Å². The van der Waals surface area contributed by atoms with Crippen molar-refractivity contribution in [1.82, 2.24) is 14.5 Å². The van der Waals surface area contributed by atoms with E-state index in [0.29, 0.717) is 39.1 Å². The summed E-state index contributed by atoms with van der Waals surface area (Å²) in [6.45, 7) is 3.54. The molecule has 0 saturated heterocycles. The third kappa shape index (κ3) is 4.49. The third-order valence-electron chi connectivity index (χ3n) is 5.89. The summed E-state index contributed by atoms with van der Waals surface area (Å²) >= 11 is 0. The van der Waals surface area contributed by atoms with Gasteiger partial charge in [0.25, 0.3) is 5.56 Å². The molecule has 182 valence electrons. The minimum Gasteiger partial charge on any atom is -0.763 e. The van der Waals surface area contributed by atoms with Gasteiger partial charge in [-0.25, -0.2) is 19.4 Å². The van der Waals surface area contributed by atoms with Crippen LogP contribution in [0.25, 0.3) is 33.0 Å². The Labute approximate surface area is 210 Å². The van der Waals surface area contributed by atoms with Gasteiger partial charge in [0.05, 0.1) is 28.4 Å². The van der Waals surface area contributed by atoms with Crippen LogP contribution < -0.4 is 11.3 Å². The Morgan fingerprint density at radius 2 is 1.89 bits per heavy atom. The number of hydrogen-bond donors (Lipinski definition) is 1.